The second kappa shape index (κ2) is 8.55. The van der Waals surface area contributed by atoms with E-state index in [4.69, 9.17) is 10.7 Å². The van der Waals surface area contributed by atoms with Gasteiger partial charge in [-0.25, -0.2) is 19.3 Å². The topological polar surface area (TPSA) is 97.0 Å². The summed E-state index contributed by atoms with van der Waals surface area (Å²) < 4.78 is 14.3. The lowest BCUT2D eigenvalue weighted by molar-refractivity contribution is -0.122. The van der Waals surface area contributed by atoms with Crippen LogP contribution in [-0.2, 0) is 4.79 Å². The highest BCUT2D eigenvalue weighted by Crippen LogP contribution is 2.35. The van der Waals surface area contributed by atoms with Crippen molar-refractivity contribution in [3.8, 4) is 0 Å². The number of hydrogen-bond acceptors (Lipinski definition) is 7. The highest BCUT2D eigenvalue weighted by atomic mass is 32.1. The number of aromatic nitrogens is 3. The van der Waals surface area contributed by atoms with Crippen LogP contribution in [0.3, 0.4) is 0 Å². The number of piperidine rings is 1. The SMILES string of the molecule is Cc1c(F)ccc2cc([C@H](C)Nc3ncnc4sccc34)c(N3CCC(C(N)=O)CC3)nc12. The zero-order valence-electron chi connectivity index (χ0n) is 18.5. The number of nitrogens with zero attached hydrogens (tertiary/aromatic N) is 4. The van der Waals surface area contributed by atoms with Gasteiger partial charge in [0.25, 0.3) is 0 Å². The lowest BCUT2D eigenvalue weighted by Crippen LogP contribution is -2.39. The van der Waals surface area contributed by atoms with Crippen LogP contribution in [0.5, 0.6) is 0 Å². The van der Waals surface area contributed by atoms with Gasteiger partial charge in [0, 0.05) is 35.5 Å². The Balaban J connectivity index is 1.56. The first-order chi connectivity index (χ1) is 15.9. The molecule has 4 heterocycles. The maximum atomic E-state index is 14.3. The van der Waals surface area contributed by atoms with Crippen molar-refractivity contribution in [2.24, 2.45) is 11.7 Å². The Labute approximate surface area is 194 Å². The van der Waals surface area contributed by atoms with E-state index in [1.54, 1.807) is 30.7 Å². The van der Waals surface area contributed by atoms with Crippen molar-refractivity contribution in [3.63, 3.8) is 0 Å². The van der Waals surface area contributed by atoms with Gasteiger partial charge in [-0.3, -0.25) is 4.79 Å². The lowest BCUT2D eigenvalue weighted by Gasteiger charge is -2.34. The minimum Gasteiger partial charge on any atom is -0.369 e. The predicted molar refractivity (Wildman–Crippen MR) is 130 cm³/mol. The number of carbonyl (C=O) groups is 1. The van der Waals surface area contributed by atoms with Crippen molar-refractivity contribution >= 4 is 50.0 Å². The Hall–Kier alpha value is -3.33. The third kappa shape index (κ3) is 3.97. The van der Waals surface area contributed by atoms with E-state index in [1.165, 1.54) is 6.07 Å². The van der Waals surface area contributed by atoms with Crippen LogP contribution in [0.4, 0.5) is 16.0 Å². The molecule has 1 aromatic carbocycles. The molecule has 1 fully saturated rings. The summed E-state index contributed by atoms with van der Waals surface area (Å²) in [5.41, 5.74) is 7.70. The number of nitrogens with one attached hydrogen (secondary N) is 1. The molecule has 1 aliphatic heterocycles. The first-order valence-electron chi connectivity index (χ1n) is 11.0. The van der Waals surface area contributed by atoms with E-state index in [-0.39, 0.29) is 23.7 Å². The second-order valence-corrected chi connectivity index (χ2v) is 9.43. The normalized spacial score (nSPS) is 15.8. The molecule has 170 valence electrons. The molecule has 3 N–H and O–H groups in total. The van der Waals surface area contributed by atoms with Crippen LogP contribution in [0.15, 0.2) is 36.0 Å². The molecule has 33 heavy (non-hydrogen) atoms. The van der Waals surface area contributed by atoms with Crippen molar-refractivity contribution in [1.29, 1.82) is 0 Å². The van der Waals surface area contributed by atoms with Crippen molar-refractivity contribution in [3.05, 3.63) is 52.9 Å². The zero-order chi connectivity index (χ0) is 23.1. The second-order valence-electron chi connectivity index (χ2n) is 8.54. The molecule has 0 radical (unpaired) electrons. The number of pyridine rings is 1. The number of anilines is 2. The molecule has 0 spiro atoms. The molecule has 1 saturated heterocycles. The average molecular weight is 465 g/mol. The smallest absolute Gasteiger partial charge is 0.220 e. The van der Waals surface area contributed by atoms with E-state index in [0.717, 1.165) is 32.8 Å². The number of hydrogen-bond donors (Lipinski definition) is 2. The Morgan fingerprint density at radius 1 is 1.27 bits per heavy atom. The fraction of sp³-hybridized carbons (Fsp3) is 0.333. The van der Waals surface area contributed by atoms with E-state index >= 15 is 0 Å². The van der Waals surface area contributed by atoms with Crippen LogP contribution in [-0.4, -0.2) is 33.9 Å². The van der Waals surface area contributed by atoms with Crippen molar-refractivity contribution < 1.29 is 9.18 Å². The van der Waals surface area contributed by atoms with Crippen LogP contribution < -0.4 is 16.0 Å². The fourth-order valence-electron chi connectivity index (χ4n) is 4.50. The number of thiophene rings is 1. The molecular weight excluding hydrogens is 439 g/mol. The van der Waals surface area contributed by atoms with E-state index < -0.39 is 0 Å². The molecule has 0 saturated carbocycles. The zero-order valence-corrected chi connectivity index (χ0v) is 19.3. The summed E-state index contributed by atoms with van der Waals surface area (Å²) in [5.74, 6) is 0.927. The summed E-state index contributed by atoms with van der Waals surface area (Å²) in [6.45, 7) is 5.16. The predicted octanol–water partition coefficient (Wildman–Crippen LogP) is 4.56. The third-order valence-electron chi connectivity index (χ3n) is 6.46. The number of fused-ring (bicyclic) bond motifs is 2. The Kier molecular flexibility index (Phi) is 5.57. The summed E-state index contributed by atoms with van der Waals surface area (Å²) in [6.07, 6.45) is 2.92. The summed E-state index contributed by atoms with van der Waals surface area (Å²) in [6, 6.07) is 7.22. The van der Waals surface area contributed by atoms with Crippen LogP contribution in [0.1, 0.15) is 36.9 Å². The van der Waals surface area contributed by atoms with Crippen molar-refractivity contribution in [2.45, 2.75) is 32.7 Å². The van der Waals surface area contributed by atoms with Crippen LogP contribution in [0.2, 0.25) is 0 Å². The summed E-state index contributed by atoms with van der Waals surface area (Å²) in [7, 11) is 0. The molecule has 1 atom stereocenters. The molecular formula is C24H25FN6OS. The first kappa shape index (κ1) is 21.5. The number of nitrogens with two attached hydrogens (primary N) is 1. The number of halogens is 1. The average Bonchev–Trinajstić information content (AvgIpc) is 3.31. The molecule has 1 amide bonds. The van der Waals surface area contributed by atoms with Gasteiger partial charge >= 0.3 is 0 Å². The van der Waals surface area contributed by atoms with Gasteiger partial charge in [0.1, 0.15) is 28.6 Å². The number of rotatable bonds is 5. The standard InChI is InChI=1S/C24H25FN6OS/c1-13-19(25)4-3-16-11-18(14(2)29-22-17-7-10-33-24(17)28-12-27-22)23(30-20(13)16)31-8-5-15(6-9-31)21(26)32/h3-4,7,10-12,14-15H,5-6,8-9H2,1-2H3,(H2,26,32)(H,27,28,29)/t14-/m0/s1. The van der Waals surface area contributed by atoms with Gasteiger partial charge in [0.15, 0.2) is 0 Å². The summed E-state index contributed by atoms with van der Waals surface area (Å²) >= 11 is 1.57. The number of aryl methyl sites for hydroxylation is 1. The molecule has 0 unspecified atom stereocenters. The van der Waals surface area contributed by atoms with Crippen LogP contribution in [0, 0.1) is 18.7 Å². The van der Waals surface area contributed by atoms with Crippen LogP contribution >= 0.6 is 11.3 Å². The summed E-state index contributed by atoms with van der Waals surface area (Å²) in [4.78, 5) is 28.5. The molecule has 7 nitrogen and oxygen atoms in total. The molecule has 4 aromatic rings. The molecule has 0 bridgehead atoms. The molecule has 5 rings (SSSR count). The van der Waals surface area contributed by atoms with E-state index in [2.05, 4.69) is 33.2 Å². The Bertz CT molecular complexity index is 1350. The minimum atomic E-state index is -0.270. The fourth-order valence-corrected chi connectivity index (χ4v) is 5.23. The molecule has 1 aliphatic rings. The van der Waals surface area contributed by atoms with E-state index in [9.17, 15) is 9.18 Å². The van der Waals surface area contributed by atoms with Gasteiger partial charge < -0.3 is 16.0 Å². The van der Waals surface area contributed by atoms with Crippen LogP contribution in [0.25, 0.3) is 21.1 Å². The molecule has 3 aromatic heterocycles. The van der Waals surface area contributed by atoms with Crippen molar-refractivity contribution in [1.82, 2.24) is 15.0 Å². The first-order valence-corrected chi connectivity index (χ1v) is 11.9. The monoisotopic (exact) mass is 464 g/mol. The lowest BCUT2D eigenvalue weighted by atomic mass is 9.95. The van der Waals surface area contributed by atoms with Gasteiger partial charge in [-0.05, 0) is 56.3 Å². The largest absolute Gasteiger partial charge is 0.369 e. The Morgan fingerprint density at radius 2 is 2.06 bits per heavy atom. The number of carbonyl (C=O) groups excluding carboxylic acids is 1. The molecule has 9 heteroatoms. The van der Waals surface area contributed by atoms with Gasteiger partial charge in [0.05, 0.1) is 16.9 Å². The molecule has 0 aliphatic carbocycles. The number of primary amides is 1. The van der Waals surface area contributed by atoms with E-state index in [1.807, 2.05) is 11.4 Å². The third-order valence-corrected chi connectivity index (χ3v) is 7.28. The summed E-state index contributed by atoms with van der Waals surface area (Å²) in [5, 5.41) is 7.39. The quantitative estimate of drug-likeness (QED) is 0.449. The van der Waals surface area contributed by atoms with Gasteiger partial charge in [-0.1, -0.05) is 0 Å². The van der Waals surface area contributed by atoms with E-state index in [0.29, 0.717) is 37.0 Å². The minimum absolute atomic E-state index is 0.117. The number of benzene rings is 1. The highest BCUT2D eigenvalue weighted by molar-refractivity contribution is 7.16. The highest BCUT2D eigenvalue weighted by Gasteiger charge is 2.27. The Morgan fingerprint density at radius 3 is 2.82 bits per heavy atom. The maximum Gasteiger partial charge on any atom is 0.220 e. The maximum absolute atomic E-state index is 14.3. The number of amides is 1. The van der Waals surface area contributed by atoms with Gasteiger partial charge in [0.2, 0.25) is 5.91 Å². The van der Waals surface area contributed by atoms with Gasteiger partial charge in [-0.15, -0.1) is 11.3 Å². The van der Waals surface area contributed by atoms with Crippen molar-refractivity contribution in [2.75, 3.05) is 23.3 Å². The van der Waals surface area contributed by atoms with Gasteiger partial charge in [-0.2, -0.15) is 0 Å².